The maximum absolute atomic E-state index is 12.3. The highest BCUT2D eigenvalue weighted by Gasteiger charge is 2.46. The molecule has 1 aromatic rings. The molecule has 6 nitrogen and oxygen atoms in total. The van der Waals surface area contributed by atoms with Crippen molar-refractivity contribution >= 4 is 5.91 Å². The Morgan fingerprint density at radius 2 is 1.97 bits per heavy atom. The van der Waals surface area contributed by atoms with Crippen molar-refractivity contribution in [3.8, 4) is 11.5 Å². The molecule has 1 fully saturated rings. The molecule has 34 heavy (non-hydrogen) atoms. The van der Waals surface area contributed by atoms with Gasteiger partial charge in [0.2, 0.25) is 5.91 Å². The fourth-order valence-corrected chi connectivity index (χ4v) is 5.86. The molecule has 1 aliphatic carbocycles. The number of phenolic OH excluding ortho intramolecular Hbond substituents is 1. The molecule has 2 aliphatic heterocycles. The van der Waals surface area contributed by atoms with Crippen LogP contribution < -0.4 is 10.2 Å². The molecule has 2 heterocycles. The lowest BCUT2D eigenvalue weighted by Crippen LogP contribution is -2.48. The summed E-state index contributed by atoms with van der Waals surface area (Å²) in [6.45, 7) is 13.8. The monoisotopic (exact) mass is 470 g/mol. The molecule has 6 heteroatoms. The van der Waals surface area contributed by atoms with Crippen molar-refractivity contribution in [2.24, 2.45) is 5.92 Å². The number of aromatic hydroxyl groups is 1. The minimum absolute atomic E-state index is 0.0770. The van der Waals surface area contributed by atoms with Gasteiger partial charge in [-0.25, -0.2) is 5.01 Å². The van der Waals surface area contributed by atoms with Gasteiger partial charge in [-0.15, -0.1) is 0 Å². The molecule has 0 bridgehead atoms. The molecule has 1 aromatic carbocycles. The van der Waals surface area contributed by atoms with E-state index in [1.54, 1.807) is 0 Å². The number of amides is 1. The van der Waals surface area contributed by atoms with Gasteiger partial charge >= 0.3 is 0 Å². The van der Waals surface area contributed by atoms with E-state index in [9.17, 15) is 9.90 Å². The van der Waals surface area contributed by atoms with Crippen LogP contribution in [0.5, 0.6) is 11.5 Å². The van der Waals surface area contributed by atoms with Crippen molar-refractivity contribution in [2.45, 2.75) is 90.1 Å². The third kappa shape index (κ3) is 5.44. The van der Waals surface area contributed by atoms with Gasteiger partial charge in [0.15, 0.2) is 0 Å². The zero-order valence-electron chi connectivity index (χ0n) is 21.6. The van der Waals surface area contributed by atoms with Crippen molar-refractivity contribution in [3.05, 3.63) is 34.9 Å². The number of hydrogen-bond acceptors (Lipinski definition) is 5. The molecule has 0 aromatic heterocycles. The van der Waals surface area contributed by atoms with E-state index in [1.807, 2.05) is 11.1 Å². The summed E-state index contributed by atoms with van der Waals surface area (Å²) >= 11 is 0. The van der Waals surface area contributed by atoms with Crippen molar-refractivity contribution < 1.29 is 19.4 Å². The van der Waals surface area contributed by atoms with Crippen LogP contribution in [-0.2, 0) is 14.9 Å². The highest BCUT2D eigenvalue weighted by molar-refractivity contribution is 5.75. The number of nitrogens with zero attached hydrogens (tertiary/aromatic N) is 1. The summed E-state index contributed by atoms with van der Waals surface area (Å²) in [5, 5.41) is 13.1. The molecule has 0 spiro atoms. The first kappa shape index (κ1) is 25.1. The maximum Gasteiger partial charge on any atom is 0.234 e. The Bertz CT molecular complexity index is 931. The fourth-order valence-electron chi connectivity index (χ4n) is 5.86. The number of rotatable bonds is 7. The van der Waals surface area contributed by atoms with Gasteiger partial charge in [-0.1, -0.05) is 31.9 Å². The molecule has 188 valence electrons. The van der Waals surface area contributed by atoms with Crippen LogP contribution in [0.1, 0.15) is 90.2 Å². The zero-order chi connectivity index (χ0) is 24.5. The molecule has 0 radical (unpaired) electrons. The van der Waals surface area contributed by atoms with Gasteiger partial charge in [0.1, 0.15) is 17.1 Å². The maximum atomic E-state index is 12.3. The van der Waals surface area contributed by atoms with E-state index < -0.39 is 0 Å². The molecule has 4 rings (SSSR count). The zero-order valence-corrected chi connectivity index (χ0v) is 21.6. The summed E-state index contributed by atoms with van der Waals surface area (Å²) in [6.07, 6.45) is 7.55. The van der Waals surface area contributed by atoms with Gasteiger partial charge in [-0.2, -0.15) is 0 Å². The molecule has 1 amide bonds. The predicted molar refractivity (Wildman–Crippen MR) is 134 cm³/mol. The summed E-state index contributed by atoms with van der Waals surface area (Å²) in [5.41, 5.74) is 6.07. The second kappa shape index (κ2) is 9.90. The van der Waals surface area contributed by atoms with Gasteiger partial charge in [-0.3, -0.25) is 10.2 Å². The summed E-state index contributed by atoms with van der Waals surface area (Å²) in [6, 6.07) is 4.11. The van der Waals surface area contributed by atoms with Gasteiger partial charge in [-0.05, 0) is 69.6 Å². The topological polar surface area (TPSA) is 71.0 Å². The number of unbranched alkanes of at least 4 members (excludes halogenated alkanes) is 1. The van der Waals surface area contributed by atoms with Crippen LogP contribution in [0, 0.1) is 5.92 Å². The van der Waals surface area contributed by atoms with E-state index >= 15 is 0 Å². The summed E-state index contributed by atoms with van der Waals surface area (Å²) < 4.78 is 11.8. The van der Waals surface area contributed by atoms with E-state index in [0.29, 0.717) is 37.2 Å². The Labute approximate surface area is 204 Å². The second-order valence-electron chi connectivity index (χ2n) is 11.5. The van der Waals surface area contributed by atoms with Crippen LogP contribution >= 0.6 is 0 Å². The van der Waals surface area contributed by atoms with Crippen molar-refractivity contribution in [3.63, 3.8) is 0 Å². The Balaban J connectivity index is 1.39. The number of fused-ring (bicyclic) bond motifs is 3. The number of phenols is 1. The number of carbonyl (C=O) groups excluding carboxylic acids is 1. The predicted octanol–water partition coefficient (Wildman–Crippen LogP) is 5.20. The van der Waals surface area contributed by atoms with Gasteiger partial charge in [0.25, 0.3) is 0 Å². The summed E-state index contributed by atoms with van der Waals surface area (Å²) in [5.74, 6) is 1.95. The average Bonchev–Trinajstić information content (AvgIpc) is 2.76. The van der Waals surface area contributed by atoms with Gasteiger partial charge < -0.3 is 14.6 Å². The second-order valence-corrected chi connectivity index (χ2v) is 11.5. The molecule has 2 atom stereocenters. The van der Waals surface area contributed by atoms with E-state index in [-0.39, 0.29) is 16.9 Å². The smallest absolute Gasteiger partial charge is 0.234 e. The highest BCUT2D eigenvalue weighted by Crippen LogP contribution is 2.54. The third-order valence-electron chi connectivity index (χ3n) is 8.04. The lowest BCUT2D eigenvalue weighted by atomic mass is 9.66. The lowest BCUT2D eigenvalue weighted by Gasteiger charge is -2.47. The lowest BCUT2D eigenvalue weighted by molar-refractivity contribution is -0.128. The van der Waals surface area contributed by atoms with E-state index in [0.717, 1.165) is 62.1 Å². The number of allylic oxidation sites excluding steroid dienone is 2. The molecular formula is C28H42N2O4. The summed E-state index contributed by atoms with van der Waals surface area (Å²) in [7, 11) is 0. The molecule has 3 aliphatic rings. The number of morpholine rings is 1. The Kier molecular flexibility index (Phi) is 7.30. The van der Waals surface area contributed by atoms with E-state index in [1.165, 1.54) is 5.57 Å². The van der Waals surface area contributed by atoms with Crippen molar-refractivity contribution in [1.29, 1.82) is 0 Å². The summed E-state index contributed by atoms with van der Waals surface area (Å²) in [4.78, 5) is 12.3. The average molecular weight is 471 g/mol. The molecule has 0 unspecified atom stereocenters. The van der Waals surface area contributed by atoms with Gasteiger partial charge in [0, 0.05) is 36.9 Å². The van der Waals surface area contributed by atoms with Crippen LogP contribution in [0.4, 0.5) is 0 Å². The van der Waals surface area contributed by atoms with Crippen molar-refractivity contribution in [1.82, 2.24) is 10.4 Å². The number of carbonyl (C=O) groups is 1. The van der Waals surface area contributed by atoms with Crippen LogP contribution in [0.2, 0.25) is 0 Å². The number of benzene rings is 1. The van der Waals surface area contributed by atoms with E-state index in [4.69, 9.17) is 9.47 Å². The standard InChI is InChI=1S/C28H42N2O4/c1-19-9-10-22-21(16-19)26-23(31)17-20(18-24(26)34-28(22,4)5)27(2,3)11-7-6-8-25(32)29-30-12-14-33-15-13-30/h9,17-18,21-22,31H,6-8,10-16H2,1-5H3,(H,29,32)/t21-,22-/m1/s1. The van der Waals surface area contributed by atoms with Crippen LogP contribution in [0.3, 0.4) is 0 Å². The number of hydrazine groups is 1. The molecule has 0 saturated carbocycles. The Morgan fingerprint density at radius 3 is 2.71 bits per heavy atom. The first-order chi connectivity index (χ1) is 16.1. The number of ether oxygens (including phenoxy) is 2. The van der Waals surface area contributed by atoms with Crippen LogP contribution in [0.15, 0.2) is 23.8 Å². The molecule has 1 saturated heterocycles. The van der Waals surface area contributed by atoms with E-state index in [2.05, 4.69) is 52.2 Å². The van der Waals surface area contributed by atoms with Gasteiger partial charge in [0.05, 0.1) is 13.2 Å². The SMILES string of the molecule is CC1=CC[C@@H]2[C@@H](C1)c1c(O)cc(C(C)(C)CCCCC(=O)NN3CCOCC3)cc1OC2(C)C. The largest absolute Gasteiger partial charge is 0.508 e. The first-order valence-electron chi connectivity index (χ1n) is 12.9. The third-order valence-corrected chi connectivity index (χ3v) is 8.04. The number of hydrogen-bond donors (Lipinski definition) is 2. The number of nitrogens with one attached hydrogen (secondary N) is 1. The normalized spacial score (nSPS) is 24.4. The molecular weight excluding hydrogens is 428 g/mol. The fraction of sp³-hybridized carbons (Fsp3) is 0.679. The highest BCUT2D eigenvalue weighted by atomic mass is 16.5. The van der Waals surface area contributed by atoms with Crippen LogP contribution in [0.25, 0.3) is 0 Å². The van der Waals surface area contributed by atoms with Crippen molar-refractivity contribution in [2.75, 3.05) is 26.3 Å². The molecule has 2 N–H and O–H groups in total. The minimum Gasteiger partial charge on any atom is -0.508 e. The first-order valence-corrected chi connectivity index (χ1v) is 12.9. The quantitative estimate of drug-likeness (QED) is 0.423. The van der Waals surface area contributed by atoms with Crippen LogP contribution in [-0.4, -0.2) is 47.9 Å². The Hall–Kier alpha value is -2.05. The Morgan fingerprint density at radius 1 is 1.24 bits per heavy atom. The minimum atomic E-state index is -0.266.